The molecule has 0 aliphatic heterocycles. The number of aliphatic hydroxyl groups is 1. The molecule has 0 heterocycles. The predicted molar refractivity (Wildman–Crippen MR) is 51.7 cm³/mol. The molecule has 0 rings (SSSR count). The van der Waals surface area contributed by atoms with Gasteiger partial charge in [0, 0.05) is 0 Å². The van der Waals surface area contributed by atoms with Crippen LogP contribution in [0.3, 0.4) is 0 Å². The fourth-order valence-corrected chi connectivity index (χ4v) is 0.653. The van der Waals surface area contributed by atoms with Crippen molar-refractivity contribution >= 4 is 0 Å². The summed E-state index contributed by atoms with van der Waals surface area (Å²) in [6.45, 7) is 8.03. The van der Waals surface area contributed by atoms with Gasteiger partial charge in [-0.15, -0.1) is 0 Å². The lowest BCUT2D eigenvalue weighted by molar-refractivity contribution is 0.183. The number of allylic oxidation sites excluding steroid dienone is 2. The van der Waals surface area contributed by atoms with Gasteiger partial charge in [0.2, 0.25) is 0 Å². The molecule has 0 amide bonds. The molecule has 1 N–H and O–H groups in total. The minimum atomic E-state index is -0.102. The monoisotopic (exact) mass is 158 g/mol. The Morgan fingerprint density at radius 2 is 1.91 bits per heavy atom. The Morgan fingerprint density at radius 1 is 1.36 bits per heavy atom. The second-order valence-corrected chi connectivity index (χ2v) is 2.61. The lowest BCUT2D eigenvalue weighted by atomic mass is 10.2. The second kappa shape index (κ2) is 12.4. The summed E-state index contributed by atoms with van der Waals surface area (Å²) in [5.41, 5.74) is 0. The van der Waals surface area contributed by atoms with Crippen molar-refractivity contribution in [1.82, 2.24) is 0 Å². The molecule has 1 heteroatoms. The third-order valence-corrected chi connectivity index (χ3v) is 1.18. The lowest BCUT2D eigenvalue weighted by Crippen LogP contribution is -1.95. The highest BCUT2D eigenvalue weighted by Crippen LogP contribution is 1.91. The molecule has 11 heavy (non-hydrogen) atoms. The van der Waals surface area contributed by atoms with Crippen LogP contribution in [-0.2, 0) is 0 Å². The van der Waals surface area contributed by atoms with E-state index in [-0.39, 0.29) is 6.10 Å². The molecule has 0 bridgehead atoms. The average molecular weight is 158 g/mol. The van der Waals surface area contributed by atoms with E-state index in [0.717, 1.165) is 19.3 Å². The first kappa shape index (κ1) is 13.3. The number of hydrogen-bond donors (Lipinski definition) is 1. The summed E-state index contributed by atoms with van der Waals surface area (Å²) < 4.78 is 0. The number of hydrogen-bond acceptors (Lipinski definition) is 1. The highest BCUT2D eigenvalue weighted by Gasteiger charge is 1.87. The summed E-state index contributed by atoms with van der Waals surface area (Å²) >= 11 is 0. The van der Waals surface area contributed by atoms with Gasteiger partial charge in [0.1, 0.15) is 0 Å². The van der Waals surface area contributed by atoms with E-state index in [9.17, 15) is 0 Å². The molecule has 1 nitrogen and oxygen atoms in total. The molecule has 1 unspecified atom stereocenters. The van der Waals surface area contributed by atoms with Crippen LogP contribution in [0.4, 0.5) is 0 Å². The Bertz CT molecular complexity index is 74.9. The van der Waals surface area contributed by atoms with Crippen LogP contribution < -0.4 is 0 Å². The van der Waals surface area contributed by atoms with Crippen LogP contribution in [0.2, 0.25) is 0 Å². The maximum atomic E-state index is 8.55. The van der Waals surface area contributed by atoms with Gasteiger partial charge in [0.15, 0.2) is 0 Å². The molecule has 0 fully saturated rings. The molecule has 0 aliphatic carbocycles. The Hall–Kier alpha value is -0.300. The van der Waals surface area contributed by atoms with Gasteiger partial charge in [-0.2, -0.15) is 0 Å². The fourth-order valence-electron chi connectivity index (χ4n) is 0.653. The molecule has 0 aromatic heterocycles. The Labute approximate surface area is 71.1 Å². The molecule has 0 spiro atoms. The van der Waals surface area contributed by atoms with Gasteiger partial charge in [-0.1, -0.05) is 32.4 Å². The summed E-state index contributed by atoms with van der Waals surface area (Å²) in [5, 5.41) is 8.55. The van der Waals surface area contributed by atoms with Crippen molar-refractivity contribution < 1.29 is 5.11 Å². The molecule has 0 aromatic rings. The first-order valence-corrected chi connectivity index (χ1v) is 4.48. The SMILES string of the molecule is C/C=C/CC.CCCC(C)O. The van der Waals surface area contributed by atoms with Crippen molar-refractivity contribution in [2.24, 2.45) is 0 Å². The van der Waals surface area contributed by atoms with E-state index in [4.69, 9.17) is 5.11 Å². The van der Waals surface area contributed by atoms with E-state index in [1.807, 2.05) is 13.8 Å². The summed E-state index contributed by atoms with van der Waals surface area (Å²) in [5.74, 6) is 0. The van der Waals surface area contributed by atoms with Gasteiger partial charge in [-0.25, -0.2) is 0 Å². The predicted octanol–water partition coefficient (Wildman–Crippen LogP) is 3.14. The fraction of sp³-hybridized carbons (Fsp3) is 0.800. The van der Waals surface area contributed by atoms with Crippen LogP contribution in [-0.4, -0.2) is 11.2 Å². The highest BCUT2D eigenvalue weighted by molar-refractivity contribution is 4.73. The van der Waals surface area contributed by atoms with E-state index >= 15 is 0 Å². The summed E-state index contributed by atoms with van der Waals surface area (Å²) in [4.78, 5) is 0. The van der Waals surface area contributed by atoms with Crippen molar-refractivity contribution in [2.45, 2.75) is 53.1 Å². The molecule has 0 aliphatic rings. The van der Waals surface area contributed by atoms with E-state index < -0.39 is 0 Å². The average Bonchev–Trinajstić information content (AvgIpc) is 1.90. The van der Waals surface area contributed by atoms with Gasteiger partial charge in [-0.05, 0) is 26.7 Å². The Morgan fingerprint density at radius 3 is 1.91 bits per heavy atom. The van der Waals surface area contributed by atoms with Crippen LogP contribution in [0.25, 0.3) is 0 Å². The standard InChI is InChI=1S/C5H12O.C5H10/c1-3-4-5(2)6;1-3-5-4-2/h5-6H,3-4H2,1-2H3;3,5H,4H2,1-2H3/b;5-3+. The molecule has 1 atom stereocenters. The summed E-state index contributed by atoms with van der Waals surface area (Å²) in [6, 6.07) is 0. The molecule has 0 saturated heterocycles. The first-order chi connectivity index (χ1) is 5.18. The first-order valence-electron chi connectivity index (χ1n) is 4.48. The molecular formula is C10H22O. The smallest absolute Gasteiger partial charge is 0.0512 e. The number of aliphatic hydroxyl groups excluding tert-OH is 1. The van der Waals surface area contributed by atoms with Gasteiger partial charge >= 0.3 is 0 Å². The van der Waals surface area contributed by atoms with Gasteiger partial charge in [-0.3, -0.25) is 0 Å². The van der Waals surface area contributed by atoms with Crippen LogP contribution in [0.5, 0.6) is 0 Å². The van der Waals surface area contributed by atoms with Crippen LogP contribution >= 0.6 is 0 Å². The third-order valence-electron chi connectivity index (χ3n) is 1.18. The van der Waals surface area contributed by atoms with Gasteiger partial charge in [0.05, 0.1) is 6.10 Å². The third kappa shape index (κ3) is 26.0. The zero-order chi connectivity index (χ0) is 9.11. The van der Waals surface area contributed by atoms with Crippen LogP contribution in [0, 0.1) is 0 Å². The quantitative estimate of drug-likeness (QED) is 0.626. The van der Waals surface area contributed by atoms with Crippen molar-refractivity contribution in [2.75, 3.05) is 0 Å². The highest BCUT2D eigenvalue weighted by atomic mass is 16.3. The minimum absolute atomic E-state index is 0.102. The maximum Gasteiger partial charge on any atom is 0.0512 e. The van der Waals surface area contributed by atoms with Crippen molar-refractivity contribution in [3.63, 3.8) is 0 Å². The van der Waals surface area contributed by atoms with Gasteiger partial charge < -0.3 is 5.11 Å². The minimum Gasteiger partial charge on any atom is -0.393 e. The molecule has 0 saturated carbocycles. The van der Waals surface area contributed by atoms with E-state index in [1.54, 1.807) is 0 Å². The Kier molecular flexibility index (Phi) is 15.0. The molecule has 0 radical (unpaired) electrons. The summed E-state index contributed by atoms with van der Waals surface area (Å²) in [6.07, 6.45) is 7.25. The molecular weight excluding hydrogens is 136 g/mol. The van der Waals surface area contributed by atoms with Gasteiger partial charge in [0.25, 0.3) is 0 Å². The maximum absolute atomic E-state index is 8.55. The lowest BCUT2D eigenvalue weighted by Gasteiger charge is -1.95. The van der Waals surface area contributed by atoms with Crippen molar-refractivity contribution in [1.29, 1.82) is 0 Å². The zero-order valence-electron chi connectivity index (χ0n) is 8.30. The van der Waals surface area contributed by atoms with Crippen LogP contribution in [0.15, 0.2) is 12.2 Å². The number of rotatable bonds is 3. The van der Waals surface area contributed by atoms with E-state index in [1.165, 1.54) is 0 Å². The zero-order valence-corrected chi connectivity index (χ0v) is 8.30. The second-order valence-electron chi connectivity index (χ2n) is 2.61. The van der Waals surface area contributed by atoms with E-state index in [0.29, 0.717) is 0 Å². The van der Waals surface area contributed by atoms with Crippen molar-refractivity contribution in [3.8, 4) is 0 Å². The largest absolute Gasteiger partial charge is 0.393 e. The molecule has 68 valence electrons. The molecule has 0 aromatic carbocycles. The normalized spacial score (nSPS) is 12.5. The van der Waals surface area contributed by atoms with Crippen LogP contribution in [0.1, 0.15) is 47.0 Å². The summed E-state index contributed by atoms with van der Waals surface area (Å²) in [7, 11) is 0. The van der Waals surface area contributed by atoms with Crippen molar-refractivity contribution in [3.05, 3.63) is 12.2 Å². The Balaban J connectivity index is 0. The topological polar surface area (TPSA) is 20.2 Å². The van der Waals surface area contributed by atoms with E-state index in [2.05, 4.69) is 26.0 Å².